The Labute approximate surface area is 127 Å². The normalized spacial score (nSPS) is 10.6. The summed E-state index contributed by atoms with van der Waals surface area (Å²) in [6, 6.07) is 11.3. The second-order valence-corrected chi connectivity index (χ2v) is 4.73. The van der Waals surface area contributed by atoms with Gasteiger partial charge in [-0.2, -0.15) is 0 Å². The number of benzene rings is 1. The lowest BCUT2D eigenvalue weighted by atomic mass is 10.1. The van der Waals surface area contributed by atoms with Crippen molar-refractivity contribution >= 4 is 11.6 Å². The first-order valence-electron chi connectivity index (χ1n) is 6.54. The molecule has 106 valence electrons. The van der Waals surface area contributed by atoms with E-state index in [0.717, 1.165) is 22.7 Å². The molecule has 0 radical (unpaired) electrons. The highest BCUT2D eigenvalue weighted by atomic mass is 35.5. The zero-order valence-corrected chi connectivity index (χ0v) is 12.2. The Morgan fingerprint density at radius 3 is 2.62 bits per heavy atom. The molecule has 0 fully saturated rings. The number of halogens is 1. The fourth-order valence-electron chi connectivity index (χ4n) is 1.91. The molecule has 21 heavy (non-hydrogen) atoms. The van der Waals surface area contributed by atoms with Crippen LogP contribution < -0.4 is 4.74 Å². The van der Waals surface area contributed by atoms with Gasteiger partial charge in [-0.15, -0.1) is 5.10 Å². The number of hydrogen-bond donors (Lipinski definition) is 0. The topological polar surface area (TPSA) is 52.8 Å². The summed E-state index contributed by atoms with van der Waals surface area (Å²) in [5, 5.41) is 8.73. The third kappa shape index (κ3) is 3.03. The molecule has 3 rings (SSSR count). The maximum absolute atomic E-state index is 5.77. The van der Waals surface area contributed by atoms with Crippen molar-refractivity contribution in [3.63, 3.8) is 0 Å². The molecule has 0 aliphatic carbocycles. The lowest BCUT2D eigenvalue weighted by Crippen LogP contribution is -1.95. The van der Waals surface area contributed by atoms with E-state index < -0.39 is 0 Å². The summed E-state index contributed by atoms with van der Waals surface area (Å²) in [6.07, 6.45) is 3.50. The Hall–Kier alpha value is -2.40. The highest BCUT2D eigenvalue weighted by Crippen LogP contribution is 2.21. The molecule has 6 heteroatoms. The van der Waals surface area contributed by atoms with Gasteiger partial charge in [-0.25, -0.2) is 9.67 Å². The summed E-state index contributed by atoms with van der Waals surface area (Å²) in [5.41, 5.74) is 2.57. The number of nitrogens with zero attached hydrogens (tertiary/aromatic N) is 4. The van der Waals surface area contributed by atoms with Crippen LogP contribution in [0.25, 0.3) is 16.9 Å². The molecule has 0 bridgehead atoms. The van der Waals surface area contributed by atoms with Crippen LogP contribution in [0, 0.1) is 0 Å². The minimum Gasteiger partial charge on any atom is -0.494 e. The van der Waals surface area contributed by atoms with Gasteiger partial charge < -0.3 is 4.74 Å². The fraction of sp³-hybridized carbons (Fsp3) is 0.133. The van der Waals surface area contributed by atoms with E-state index in [-0.39, 0.29) is 0 Å². The first-order valence-corrected chi connectivity index (χ1v) is 6.91. The first kappa shape index (κ1) is 13.6. The van der Waals surface area contributed by atoms with Gasteiger partial charge in [0.15, 0.2) is 0 Å². The van der Waals surface area contributed by atoms with Gasteiger partial charge in [0, 0.05) is 5.56 Å². The molecule has 0 saturated heterocycles. The van der Waals surface area contributed by atoms with Gasteiger partial charge in [-0.05, 0) is 43.3 Å². The number of pyridine rings is 1. The molecule has 0 aliphatic heterocycles. The standard InChI is InChI=1S/C15H13ClN4O/c1-2-21-13-6-3-11(4-7-13)14-10-20(19-18-14)12-5-8-15(16)17-9-12/h3-10H,2H2,1H3. The van der Waals surface area contributed by atoms with Crippen LogP contribution in [0.15, 0.2) is 48.8 Å². The summed E-state index contributed by atoms with van der Waals surface area (Å²) >= 11 is 5.77. The van der Waals surface area contributed by atoms with E-state index in [9.17, 15) is 0 Å². The van der Waals surface area contributed by atoms with Crippen LogP contribution in [-0.4, -0.2) is 26.6 Å². The molecule has 3 aromatic rings. The van der Waals surface area contributed by atoms with Gasteiger partial charge in [0.25, 0.3) is 0 Å². The van der Waals surface area contributed by atoms with Crippen LogP contribution >= 0.6 is 11.6 Å². The number of ether oxygens (including phenoxy) is 1. The van der Waals surface area contributed by atoms with Crippen LogP contribution in [0.5, 0.6) is 5.75 Å². The van der Waals surface area contributed by atoms with E-state index in [1.54, 1.807) is 16.9 Å². The van der Waals surface area contributed by atoms with E-state index in [4.69, 9.17) is 16.3 Å². The largest absolute Gasteiger partial charge is 0.494 e. The van der Waals surface area contributed by atoms with Crippen molar-refractivity contribution in [1.82, 2.24) is 20.0 Å². The first-order chi connectivity index (χ1) is 10.3. The molecule has 0 unspecified atom stereocenters. The Bertz CT molecular complexity index is 722. The summed E-state index contributed by atoms with van der Waals surface area (Å²) in [5.74, 6) is 0.843. The van der Waals surface area contributed by atoms with Crippen molar-refractivity contribution in [2.45, 2.75) is 6.92 Å². The molecule has 0 aliphatic rings. The van der Waals surface area contributed by atoms with Gasteiger partial charge >= 0.3 is 0 Å². The van der Waals surface area contributed by atoms with Crippen LogP contribution in [0.2, 0.25) is 5.15 Å². The summed E-state index contributed by atoms with van der Waals surface area (Å²) in [4.78, 5) is 4.03. The van der Waals surface area contributed by atoms with Gasteiger partial charge in [0.05, 0.1) is 24.7 Å². The smallest absolute Gasteiger partial charge is 0.129 e. The van der Waals surface area contributed by atoms with E-state index in [1.165, 1.54) is 0 Å². The second-order valence-electron chi connectivity index (χ2n) is 4.34. The summed E-state index contributed by atoms with van der Waals surface area (Å²) in [6.45, 7) is 2.61. The molecular weight excluding hydrogens is 288 g/mol. The minimum absolute atomic E-state index is 0.450. The Kier molecular flexibility index (Phi) is 3.83. The maximum atomic E-state index is 5.77. The van der Waals surface area contributed by atoms with E-state index in [2.05, 4.69) is 15.3 Å². The highest BCUT2D eigenvalue weighted by Gasteiger charge is 2.06. The lowest BCUT2D eigenvalue weighted by Gasteiger charge is -2.02. The summed E-state index contributed by atoms with van der Waals surface area (Å²) < 4.78 is 7.08. The maximum Gasteiger partial charge on any atom is 0.129 e. The zero-order valence-electron chi connectivity index (χ0n) is 11.4. The number of hydrogen-bond acceptors (Lipinski definition) is 4. The van der Waals surface area contributed by atoms with E-state index in [0.29, 0.717) is 11.8 Å². The molecule has 0 atom stereocenters. The number of aromatic nitrogens is 4. The summed E-state index contributed by atoms with van der Waals surface area (Å²) in [7, 11) is 0. The average molecular weight is 301 g/mol. The van der Waals surface area contributed by atoms with Crippen molar-refractivity contribution in [3.05, 3.63) is 53.9 Å². The Balaban J connectivity index is 1.85. The molecule has 2 heterocycles. The molecule has 0 N–H and O–H groups in total. The predicted molar refractivity (Wildman–Crippen MR) is 80.8 cm³/mol. The Morgan fingerprint density at radius 1 is 1.14 bits per heavy atom. The van der Waals surface area contributed by atoms with Gasteiger partial charge in [0.2, 0.25) is 0 Å². The third-order valence-corrected chi connectivity index (χ3v) is 3.15. The van der Waals surface area contributed by atoms with Crippen LogP contribution in [-0.2, 0) is 0 Å². The molecule has 0 amide bonds. The average Bonchev–Trinajstić information content (AvgIpc) is 2.99. The fourth-order valence-corrected chi connectivity index (χ4v) is 2.03. The van der Waals surface area contributed by atoms with Crippen molar-refractivity contribution in [3.8, 4) is 22.7 Å². The number of rotatable bonds is 4. The predicted octanol–water partition coefficient (Wildman–Crippen LogP) is 3.38. The van der Waals surface area contributed by atoms with Crippen molar-refractivity contribution in [2.75, 3.05) is 6.61 Å². The monoisotopic (exact) mass is 300 g/mol. The Morgan fingerprint density at radius 2 is 1.95 bits per heavy atom. The van der Waals surface area contributed by atoms with E-state index in [1.807, 2.05) is 43.5 Å². The zero-order chi connectivity index (χ0) is 14.7. The van der Waals surface area contributed by atoms with Gasteiger partial charge in [-0.3, -0.25) is 0 Å². The molecule has 5 nitrogen and oxygen atoms in total. The van der Waals surface area contributed by atoms with Crippen LogP contribution in [0.3, 0.4) is 0 Å². The van der Waals surface area contributed by atoms with Crippen LogP contribution in [0.4, 0.5) is 0 Å². The van der Waals surface area contributed by atoms with Crippen molar-refractivity contribution in [1.29, 1.82) is 0 Å². The lowest BCUT2D eigenvalue weighted by molar-refractivity contribution is 0.340. The minimum atomic E-state index is 0.450. The second kappa shape index (κ2) is 5.93. The molecule has 0 saturated carbocycles. The van der Waals surface area contributed by atoms with Crippen molar-refractivity contribution < 1.29 is 4.74 Å². The molecule has 2 aromatic heterocycles. The van der Waals surface area contributed by atoms with Crippen LogP contribution in [0.1, 0.15) is 6.92 Å². The van der Waals surface area contributed by atoms with Crippen molar-refractivity contribution in [2.24, 2.45) is 0 Å². The highest BCUT2D eigenvalue weighted by molar-refractivity contribution is 6.29. The van der Waals surface area contributed by atoms with E-state index >= 15 is 0 Å². The molecule has 1 aromatic carbocycles. The van der Waals surface area contributed by atoms with Gasteiger partial charge in [-0.1, -0.05) is 16.8 Å². The SMILES string of the molecule is CCOc1ccc(-c2cn(-c3ccc(Cl)nc3)nn2)cc1. The molecule has 0 spiro atoms. The molecular formula is C15H13ClN4O. The quantitative estimate of drug-likeness (QED) is 0.693. The van der Waals surface area contributed by atoms with Gasteiger partial charge in [0.1, 0.15) is 16.6 Å². The third-order valence-electron chi connectivity index (χ3n) is 2.93.